The molecule has 3 fully saturated rings. The molecule has 0 bridgehead atoms. The van der Waals surface area contributed by atoms with E-state index in [4.69, 9.17) is 4.42 Å². The van der Waals surface area contributed by atoms with Gasteiger partial charge in [0.05, 0.1) is 0 Å². The van der Waals surface area contributed by atoms with Gasteiger partial charge in [0.15, 0.2) is 0 Å². The summed E-state index contributed by atoms with van der Waals surface area (Å²) in [6.07, 6.45) is 17.8. The van der Waals surface area contributed by atoms with Gasteiger partial charge in [0.1, 0.15) is 0 Å². The molecule has 0 radical (unpaired) electrons. The number of hydrogen-bond acceptors (Lipinski definition) is 3. The second-order valence-corrected chi connectivity index (χ2v) is 8.95. The summed E-state index contributed by atoms with van der Waals surface area (Å²) in [6.45, 7) is 2.36. The van der Waals surface area contributed by atoms with Crippen molar-refractivity contribution in [3.8, 4) is 0 Å². The third kappa shape index (κ3) is 3.70. The second kappa shape index (κ2) is 7.58. The predicted octanol–water partition coefficient (Wildman–Crippen LogP) is 6.22. The lowest BCUT2D eigenvalue weighted by molar-refractivity contribution is 0.177. The molecule has 3 heteroatoms. The monoisotopic (exact) mass is 330 g/mol. The van der Waals surface area contributed by atoms with Crippen LogP contribution in [-0.4, -0.2) is 10.2 Å². The summed E-state index contributed by atoms with van der Waals surface area (Å²) in [5.74, 6) is 5.82. The van der Waals surface area contributed by atoms with Crippen LogP contribution >= 0.6 is 0 Å². The van der Waals surface area contributed by atoms with E-state index in [0.717, 1.165) is 29.5 Å². The normalized spacial score (nSPS) is 35.9. The van der Waals surface area contributed by atoms with E-state index in [1.165, 1.54) is 83.5 Å². The molecule has 24 heavy (non-hydrogen) atoms. The highest BCUT2D eigenvalue weighted by atomic mass is 16.4. The molecule has 0 spiro atoms. The van der Waals surface area contributed by atoms with E-state index in [9.17, 15) is 0 Å². The summed E-state index contributed by atoms with van der Waals surface area (Å²) >= 11 is 0. The summed E-state index contributed by atoms with van der Waals surface area (Å²) in [7, 11) is 0. The Balaban J connectivity index is 1.31. The van der Waals surface area contributed by atoms with E-state index >= 15 is 0 Å². The van der Waals surface area contributed by atoms with Crippen LogP contribution in [0.3, 0.4) is 0 Å². The first-order valence-corrected chi connectivity index (χ1v) is 10.6. The Morgan fingerprint density at radius 1 is 0.625 bits per heavy atom. The molecule has 0 unspecified atom stereocenters. The van der Waals surface area contributed by atoms with Crippen molar-refractivity contribution in [3.05, 3.63) is 11.8 Å². The van der Waals surface area contributed by atoms with Crippen molar-refractivity contribution in [2.75, 3.05) is 0 Å². The zero-order valence-corrected chi connectivity index (χ0v) is 15.4. The number of rotatable bonds is 3. The van der Waals surface area contributed by atoms with Crippen LogP contribution in [0, 0.1) is 17.8 Å². The fourth-order valence-electron chi connectivity index (χ4n) is 5.53. The van der Waals surface area contributed by atoms with Crippen LogP contribution in [0.15, 0.2) is 4.42 Å². The van der Waals surface area contributed by atoms with E-state index in [2.05, 4.69) is 17.1 Å². The fraction of sp³-hybridized carbons (Fsp3) is 0.905. The Bertz CT molecular complexity index is 504. The lowest BCUT2D eigenvalue weighted by Gasteiger charge is -2.35. The Kier molecular flexibility index (Phi) is 5.24. The maximum Gasteiger partial charge on any atom is 0.219 e. The summed E-state index contributed by atoms with van der Waals surface area (Å²) in [6, 6.07) is 0. The molecule has 134 valence electrons. The van der Waals surface area contributed by atoms with Gasteiger partial charge in [-0.2, -0.15) is 0 Å². The van der Waals surface area contributed by atoms with Gasteiger partial charge in [0.25, 0.3) is 0 Å². The van der Waals surface area contributed by atoms with Crippen LogP contribution in [0.5, 0.6) is 0 Å². The zero-order valence-electron chi connectivity index (χ0n) is 15.4. The highest BCUT2D eigenvalue weighted by Gasteiger charge is 2.32. The highest BCUT2D eigenvalue weighted by molar-refractivity contribution is 4.99. The lowest BCUT2D eigenvalue weighted by Crippen LogP contribution is -2.23. The van der Waals surface area contributed by atoms with Crippen molar-refractivity contribution in [3.63, 3.8) is 0 Å². The molecular weight excluding hydrogens is 296 g/mol. The Hall–Kier alpha value is -0.860. The topological polar surface area (TPSA) is 38.9 Å². The van der Waals surface area contributed by atoms with Crippen molar-refractivity contribution in [1.29, 1.82) is 0 Å². The van der Waals surface area contributed by atoms with Gasteiger partial charge in [0.2, 0.25) is 11.8 Å². The molecule has 3 saturated carbocycles. The number of hydrogen-bond donors (Lipinski definition) is 0. The fourth-order valence-corrected chi connectivity index (χ4v) is 5.53. The minimum absolute atomic E-state index is 0.529. The first kappa shape index (κ1) is 16.6. The molecule has 0 aromatic carbocycles. The van der Waals surface area contributed by atoms with Gasteiger partial charge < -0.3 is 4.42 Å². The van der Waals surface area contributed by atoms with E-state index < -0.39 is 0 Å². The lowest BCUT2D eigenvalue weighted by atomic mass is 9.71. The number of nitrogens with zero attached hydrogens (tertiary/aromatic N) is 2. The molecule has 3 nitrogen and oxygen atoms in total. The van der Waals surface area contributed by atoms with Gasteiger partial charge in [-0.15, -0.1) is 10.2 Å². The van der Waals surface area contributed by atoms with Crippen molar-refractivity contribution < 1.29 is 4.42 Å². The third-order valence-electron chi connectivity index (χ3n) is 7.26. The molecule has 1 heterocycles. The van der Waals surface area contributed by atoms with Crippen LogP contribution < -0.4 is 0 Å². The SMILES string of the molecule is CC1CCC(c2nnc(C3CCC(C4CCCCC4)CC3)o2)CC1. The largest absolute Gasteiger partial charge is 0.425 e. The van der Waals surface area contributed by atoms with Crippen LogP contribution in [0.4, 0.5) is 0 Å². The van der Waals surface area contributed by atoms with Crippen LogP contribution in [0.2, 0.25) is 0 Å². The van der Waals surface area contributed by atoms with E-state index in [1.54, 1.807) is 0 Å². The van der Waals surface area contributed by atoms with Crippen LogP contribution in [0.1, 0.15) is 114 Å². The van der Waals surface area contributed by atoms with Crippen molar-refractivity contribution in [2.45, 2.75) is 102 Å². The summed E-state index contributed by atoms with van der Waals surface area (Å²) in [5.41, 5.74) is 0. The Morgan fingerprint density at radius 3 is 1.71 bits per heavy atom. The van der Waals surface area contributed by atoms with Crippen molar-refractivity contribution in [2.24, 2.45) is 17.8 Å². The second-order valence-electron chi connectivity index (χ2n) is 8.95. The summed E-state index contributed by atoms with van der Waals surface area (Å²) in [4.78, 5) is 0. The number of aromatic nitrogens is 2. The molecule has 3 aliphatic carbocycles. The van der Waals surface area contributed by atoms with E-state index in [-0.39, 0.29) is 0 Å². The van der Waals surface area contributed by atoms with Crippen molar-refractivity contribution >= 4 is 0 Å². The third-order valence-corrected chi connectivity index (χ3v) is 7.26. The first-order chi connectivity index (χ1) is 11.8. The van der Waals surface area contributed by atoms with Crippen LogP contribution in [0.25, 0.3) is 0 Å². The molecule has 0 amide bonds. The molecule has 3 aliphatic rings. The molecule has 1 aromatic heterocycles. The van der Waals surface area contributed by atoms with Gasteiger partial charge in [-0.1, -0.05) is 39.0 Å². The maximum absolute atomic E-state index is 6.16. The highest BCUT2D eigenvalue weighted by Crippen LogP contribution is 2.43. The molecule has 1 aromatic rings. The zero-order chi connectivity index (χ0) is 16.4. The summed E-state index contributed by atoms with van der Waals surface area (Å²) < 4.78 is 6.16. The predicted molar refractivity (Wildman–Crippen MR) is 95.9 cm³/mol. The molecule has 4 rings (SSSR count). The maximum atomic E-state index is 6.16. The van der Waals surface area contributed by atoms with Gasteiger partial charge in [0, 0.05) is 11.8 Å². The summed E-state index contributed by atoms with van der Waals surface area (Å²) in [5, 5.41) is 8.89. The van der Waals surface area contributed by atoms with Crippen LogP contribution in [-0.2, 0) is 0 Å². The quantitative estimate of drug-likeness (QED) is 0.660. The van der Waals surface area contributed by atoms with Gasteiger partial charge >= 0.3 is 0 Å². The average Bonchev–Trinajstić information content (AvgIpc) is 3.13. The van der Waals surface area contributed by atoms with E-state index in [0.29, 0.717) is 11.8 Å². The van der Waals surface area contributed by atoms with E-state index in [1.807, 2.05) is 0 Å². The standard InChI is InChI=1S/C21H34N2O/c1-15-7-9-18(10-8-15)20-22-23-21(24-20)19-13-11-17(12-14-19)16-5-3-2-4-6-16/h15-19H,2-14H2,1H3. The van der Waals surface area contributed by atoms with Gasteiger partial charge in [-0.3, -0.25) is 0 Å². The van der Waals surface area contributed by atoms with Crippen molar-refractivity contribution in [1.82, 2.24) is 10.2 Å². The van der Waals surface area contributed by atoms with Gasteiger partial charge in [-0.05, 0) is 69.1 Å². The van der Waals surface area contributed by atoms with Gasteiger partial charge in [-0.25, -0.2) is 0 Å². The molecule has 0 N–H and O–H groups in total. The average molecular weight is 331 g/mol. The molecule has 0 atom stereocenters. The Morgan fingerprint density at radius 2 is 1.12 bits per heavy atom. The molecule has 0 aliphatic heterocycles. The smallest absolute Gasteiger partial charge is 0.219 e. The first-order valence-electron chi connectivity index (χ1n) is 10.6. The minimum Gasteiger partial charge on any atom is -0.425 e. The molecular formula is C21H34N2O. The Labute approximate surface area is 147 Å². The molecule has 0 saturated heterocycles. The minimum atomic E-state index is 0.529.